The molecular weight excluding hydrogens is 324 g/mol. The second-order valence-corrected chi connectivity index (χ2v) is 4.91. The van der Waals surface area contributed by atoms with Crippen molar-refractivity contribution in [2.24, 2.45) is 0 Å². The lowest BCUT2D eigenvalue weighted by molar-refractivity contribution is 0.414. The van der Waals surface area contributed by atoms with E-state index in [4.69, 9.17) is 9.15 Å². The van der Waals surface area contributed by atoms with Gasteiger partial charge in [-0.05, 0) is 46.3 Å². The third kappa shape index (κ3) is 2.30. The lowest BCUT2D eigenvalue weighted by Crippen LogP contribution is -2.04. The number of benzene rings is 1. The minimum Gasteiger partial charge on any atom is -0.497 e. The van der Waals surface area contributed by atoms with Crippen molar-refractivity contribution >= 4 is 26.9 Å². The molecule has 0 aliphatic carbocycles. The molecule has 0 unspecified atom stereocenters. The van der Waals surface area contributed by atoms with Gasteiger partial charge in [0.15, 0.2) is 0 Å². The summed E-state index contributed by atoms with van der Waals surface area (Å²) in [5.74, 6) is 0.636. The van der Waals surface area contributed by atoms with Crippen LogP contribution in [0.5, 0.6) is 5.75 Å². The van der Waals surface area contributed by atoms with Gasteiger partial charge < -0.3 is 9.15 Å². The van der Waals surface area contributed by atoms with Crippen LogP contribution in [0.3, 0.4) is 0 Å². The highest BCUT2D eigenvalue weighted by molar-refractivity contribution is 9.10. The molecule has 3 aromatic rings. The van der Waals surface area contributed by atoms with Gasteiger partial charge in [0, 0.05) is 11.5 Å². The van der Waals surface area contributed by atoms with Crippen LogP contribution >= 0.6 is 15.9 Å². The fraction of sp³-hybridized carbons (Fsp3) is 0.0714. The predicted molar refractivity (Wildman–Crippen MR) is 77.8 cm³/mol. The number of hydrogen-bond donors (Lipinski definition) is 0. The quantitative estimate of drug-likeness (QED) is 0.675. The molecule has 100 valence electrons. The average Bonchev–Trinajstić information content (AvgIpc) is 2.47. The zero-order valence-corrected chi connectivity index (χ0v) is 12.0. The molecule has 0 aliphatic heterocycles. The van der Waals surface area contributed by atoms with E-state index in [1.807, 2.05) is 6.07 Å². The Morgan fingerprint density at radius 1 is 1.15 bits per heavy atom. The molecule has 0 saturated heterocycles. The van der Waals surface area contributed by atoms with E-state index in [0.29, 0.717) is 27.2 Å². The van der Waals surface area contributed by atoms with Crippen molar-refractivity contribution in [3.8, 4) is 17.0 Å². The minimum absolute atomic E-state index is 0.377. The Hall–Kier alpha value is -2.21. The van der Waals surface area contributed by atoms with E-state index in [0.717, 1.165) is 5.39 Å². The van der Waals surface area contributed by atoms with Crippen LogP contribution in [0, 0.1) is 0 Å². The van der Waals surface area contributed by atoms with Crippen molar-refractivity contribution in [2.45, 2.75) is 0 Å². The van der Waals surface area contributed by atoms with E-state index in [1.54, 1.807) is 37.4 Å². The number of ether oxygens (including phenoxy) is 1. The van der Waals surface area contributed by atoms with Gasteiger partial charge in [-0.15, -0.1) is 10.2 Å². The molecule has 0 N–H and O–H groups in total. The van der Waals surface area contributed by atoms with Gasteiger partial charge in [-0.1, -0.05) is 0 Å². The lowest BCUT2D eigenvalue weighted by atomic mass is 10.1. The van der Waals surface area contributed by atoms with Gasteiger partial charge in [0.05, 0.1) is 12.7 Å². The zero-order chi connectivity index (χ0) is 14.1. The summed E-state index contributed by atoms with van der Waals surface area (Å²) in [4.78, 5) is 12.0. The summed E-state index contributed by atoms with van der Waals surface area (Å²) in [6.45, 7) is 0. The van der Waals surface area contributed by atoms with Crippen LogP contribution in [-0.4, -0.2) is 17.3 Å². The van der Waals surface area contributed by atoms with Gasteiger partial charge in [-0.25, -0.2) is 4.79 Å². The average molecular weight is 333 g/mol. The van der Waals surface area contributed by atoms with Gasteiger partial charge in [0.2, 0.25) is 0 Å². The molecule has 0 amide bonds. The molecule has 0 fully saturated rings. The number of fused-ring (bicyclic) bond motifs is 1. The topological polar surface area (TPSA) is 65.2 Å². The van der Waals surface area contributed by atoms with Crippen LogP contribution < -0.4 is 10.4 Å². The molecule has 20 heavy (non-hydrogen) atoms. The molecule has 0 bridgehead atoms. The Morgan fingerprint density at radius 2 is 2.00 bits per heavy atom. The van der Waals surface area contributed by atoms with E-state index in [1.165, 1.54) is 0 Å². The van der Waals surface area contributed by atoms with Crippen molar-refractivity contribution < 1.29 is 9.15 Å². The lowest BCUT2D eigenvalue weighted by Gasteiger charge is -2.03. The van der Waals surface area contributed by atoms with Gasteiger partial charge in [-0.2, -0.15) is 0 Å². The van der Waals surface area contributed by atoms with Crippen LogP contribution in [0.1, 0.15) is 0 Å². The summed E-state index contributed by atoms with van der Waals surface area (Å²) < 4.78 is 11.0. The summed E-state index contributed by atoms with van der Waals surface area (Å²) in [7, 11) is 1.56. The number of rotatable bonds is 2. The fourth-order valence-corrected chi connectivity index (χ4v) is 2.07. The Bertz CT molecular complexity index is 828. The number of aromatic nitrogens is 2. The SMILES string of the molecule is COc1ccc2cc(-c3ccc(Br)nn3)c(=O)oc2c1. The summed E-state index contributed by atoms with van der Waals surface area (Å²) in [6, 6.07) is 10.5. The van der Waals surface area contributed by atoms with Gasteiger partial charge in [0.25, 0.3) is 0 Å². The smallest absolute Gasteiger partial charge is 0.345 e. The Morgan fingerprint density at radius 3 is 2.70 bits per heavy atom. The maximum absolute atomic E-state index is 12.0. The fourth-order valence-electron chi connectivity index (χ4n) is 1.86. The molecule has 2 aromatic heterocycles. The van der Waals surface area contributed by atoms with Gasteiger partial charge in [-0.3, -0.25) is 0 Å². The maximum atomic E-state index is 12.0. The van der Waals surface area contributed by atoms with Crippen LogP contribution in [0.2, 0.25) is 0 Å². The number of nitrogens with zero attached hydrogens (tertiary/aromatic N) is 2. The molecule has 6 heteroatoms. The predicted octanol–water partition coefficient (Wildman–Crippen LogP) is 3.02. The first-order valence-corrected chi connectivity index (χ1v) is 6.58. The van der Waals surface area contributed by atoms with Crippen LogP contribution in [0.25, 0.3) is 22.2 Å². The summed E-state index contributed by atoms with van der Waals surface area (Å²) >= 11 is 3.20. The number of halogens is 1. The van der Waals surface area contributed by atoms with Crippen molar-refractivity contribution in [3.63, 3.8) is 0 Å². The van der Waals surface area contributed by atoms with E-state index in [-0.39, 0.29) is 0 Å². The van der Waals surface area contributed by atoms with Crippen molar-refractivity contribution in [2.75, 3.05) is 7.11 Å². The first-order valence-electron chi connectivity index (χ1n) is 5.79. The van der Waals surface area contributed by atoms with Crippen LogP contribution in [-0.2, 0) is 0 Å². The third-order valence-corrected chi connectivity index (χ3v) is 3.27. The standard InChI is InChI=1S/C14H9BrN2O3/c1-19-9-3-2-8-6-10(14(18)20-12(8)7-9)11-4-5-13(15)17-16-11/h2-7H,1H3. The zero-order valence-electron chi connectivity index (χ0n) is 10.5. The van der Waals surface area contributed by atoms with Gasteiger partial charge in [0.1, 0.15) is 21.6 Å². The highest BCUT2D eigenvalue weighted by Crippen LogP contribution is 2.23. The second kappa shape index (κ2) is 5.05. The largest absolute Gasteiger partial charge is 0.497 e. The van der Waals surface area contributed by atoms with Crippen LogP contribution in [0.15, 0.2) is 50.2 Å². The molecule has 0 atom stereocenters. The molecule has 2 heterocycles. The van der Waals surface area contributed by atoms with Crippen LogP contribution in [0.4, 0.5) is 0 Å². The number of hydrogen-bond acceptors (Lipinski definition) is 5. The molecule has 1 aromatic carbocycles. The first-order chi connectivity index (χ1) is 9.67. The molecule has 0 saturated carbocycles. The van der Waals surface area contributed by atoms with E-state index in [2.05, 4.69) is 26.1 Å². The monoisotopic (exact) mass is 332 g/mol. The van der Waals surface area contributed by atoms with E-state index < -0.39 is 5.63 Å². The normalized spacial score (nSPS) is 10.7. The third-order valence-electron chi connectivity index (χ3n) is 2.85. The summed E-state index contributed by atoms with van der Waals surface area (Å²) in [5, 5.41) is 8.63. The van der Waals surface area contributed by atoms with Crippen molar-refractivity contribution in [1.82, 2.24) is 10.2 Å². The highest BCUT2D eigenvalue weighted by Gasteiger charge is 2.10. The molecule has 0 spiro atoms. The highest BCUT2D eigenvalue weighted by atomic mass is 79.9. The maximum Gasteiger partial charge on any atom is 0.345 e. The molecule has 3 rings (SSSR count). The summed E-state index contributed by atoms with van der Waals surface area (Å²) in [5.41, 5.74) is 0.868. The molecule has 0 radical (unpaired) electrons. The number of methoxy groups -OCH3 is 1. The molecule has 5 nitrogen and oxygen atoms in total. The second-order valence-electron chi connectivity index (χ2n) is 4.09. The van der Waals surface area contributed by atoms with E-state index >= 15 is 0 Å². The first kappa shape index (κ1) is 12.8. The molecule has 0 aliphatic rings. The minimum atomic E-state index is -0.456. The Balaban J connectivity index is 2.20. The Labute approximate surface area is 122 Å². The summed E-state index contributed by atoms with van der Waals surface area (Å²) in [6.07, 6.45) is 0. The van der Waals surface area contributed by atoms with Crippen molar-refractivity contribution in [3.05, 3.63) is 51.4 Å². The van der Waals surface area contributed by atoms with E-state index in [9.17, 15) is 4.79 Å². The van der Waals surface area contributed by atoms with Gasteiger partial charge >= 0.3 is 5.63 Å². The molecular formula is C14H9BrN2O3. The van der Waals surface area contributed by atoms with Crippen molar-refractivity contribution in [1.29, 1.82) is 0 Å². The Kier molecular flexibility index (Phi) is 3.23.